The molecule has 0 aromatic heterocycles. The van der Waals surface area contributed by atoms with Crippen molar-refractivity contribution in [3.63, 3.8) is 0 Å². The molecule has 0 fully saturated rings. The van der Waals surface area contributed by atoms with E-state index in [0.29, 0.717) is 22.6 Å². The van der Waals surface area contributed by atoms with Crippen molar-refractivity contribution in [3.05, 3.63) is 64.7 Å². The summed E-state index contributed by atoms with van der Waals surface area (Å²) < 4.78 is 10.8. The third-order valence-corrected chi connectivity index (χ3v) is 3.52. The number of methoxy groups -OCH3 is 2. The second-order valence-electron chi connectivity index (χ2n) is 4.86. The van der Waals surface area contributed by atoms with E-state index in [1.54, 1.807) is 20.3 Å². The van der Waals surface area contributed by atoms with Crippen molar-refractivity contribution in [3.8, 4) is 23.6 Å². The Morgan fingerprint density at radius 2 is 1.52 bits per heavy atom. The zero-order valence-corrected chi connectivity index (χ0v) is 13.3. The zero-order valence-electron chi connectivity index (χ0n) is 13.3. The molecule has 0 saturated heterocycles. The summed E-state index contributed by atoms with van der Waals surface area (Å²) in [5.41, 5.74) is 2.97. The number of aryl methyl sites for hydroxylation is 1. The number of allylic oxidation sites excluding steroid dienone is 1. The fourth-order valence-electron chi connectivity index (χ4n) is 2.43. The van der Waals surface area contributed by atoms with E-state index in [1.807, 2.05) is 55.5 Å². The first-order chi connectivity index (χ1) is 11.2. The molecule has 114 valence electrons. The summed E-state index contributed by atoms with van der Waals surface area (Å²) in [6, 6.07) is 16.9. The van der Waals surface area contributed by atoms with E-state index >= 15 is 0 Å². The Bertz CT molecular complexity index is 809. The highest BCUT2D eigenvalue weighted by molar-refractivity contribution is 5.89. The predicted octanol–water partition coefficient (Wildman–Crippen LogP) is 3.86. The molecule has 0 saturated carbocycles. The van der Waals surface area contributed by atoms with Gasteiger partial charge in [0.25, 0.3) is 0 Å². The van der Waals surface area contributed by atoms with E-state index < -0.39 is 0 Å². The number of benzene rings is 2. The Hall–Kier alpha value is -3.24. The maximum Gasteiger partial charge on any atom is 0.138 e. The molecule has 0 aliphatic rings. The third-order valence-electron chi connectivity index (χ3n) is 3.52. The Morgan fingerprint density at radius 3 is 2.04 bits per heavy atom. The van der Waals surface area contributed by atoms with Gasteiger partial charge in [-0.1, -0.05) is 30.3 Å². The Labute approximate surface area is 135 Å². The minimum atomic E-state index is 0.0408. The highest BCUT2D eigenvalue weighted by atomic mass is 16.5. The van der Waals surface area contributed by atoms with Gasteiger partial charge in [-0.25, -0.2) is 0 Å². The van der Waals surface area contributed by atoms with Crippen molar-refractivity contribution >= 4 is 5.57 Å². The monoisotopic (exact) mass is 304 g/mol. The van der Waals surface area contributed by atoms with Crippen LogP contribution in [0.3, 0.4) is 0 Å². The van der Waals surface area contributed by atoms with Gasteiger partial charge in [0.1, 0.15) is 29.2 Å². The van der Waals surface area contributed by atoms with Gasteiger partial charge in [0, 0.05) is 17.2 Å². The van der Waals surface area contributed by atoms with Gasteiger partial charge in [-0.15, -0.1) is 0 Å². The first-order valence-electron chi connectivity index (χ1n) is 6.99. The molecule has 0 heterocycles. The third kappa shape index (κ3) is 3.17. The number of nitriles is 2. The average Bonchev–Trinajstić information content (AvgIpc) is 2.60. The first kappa shape index (κ1) is 16.1. The van der Waals surface area contributed by atoms with Crippen LogP contribution < -0.4 is 9.47 Å². The van der Waals surface area contributed by atoms with Gasteiger partial charge in [-0.05, 0) is 24.1 Å². The maximum atomic E-state index is 9.36. The Morgan fingerprint density at radius 1 is 0.913 bits per heavy atom. The standard InChI is InChI=1S/C19H16N2O2/c1-13-9-16(18(23-3)10-17(13)22-2)19(15(11-20)12-21)14-7-5-4-6-8-14/h4-10H,1-3H3. The average molecular weight is 304 g/mol. The molecule has 0 atom stereocenters. The predicted molar refractivity (Wildman–Crippen MR) is 88.0 cm³/mol. The van der Waals surface area contributed by atoms with E-state index in [9.17, 15) is 10.5 Å². The Kier molecular flexibility index (Phi) is 5.02. The molecule has 0 bridgehead atoms. The topological polar surface area (TPSA) is 66.0 Å². The van der Waals surface area contributed by atoms with E-state index in [4.69, 9.17) is 9.47 Å². The van der Waals surface area contributed by atoms with Crippen LogP contribution in [0, 0.1) is 29.6 Å². The van der Waals surface area contributed by atoms with Crippen LogP contribution in [0.2, 0.25) is 0 Å². The summed E-state index contributed by atoms with van der Waals surface area (Å²) in [5, 5.41) is 18.7. The van der Waals surface area contributed by atoms with E-state index in [-0.39, 0.29) is 5.57 Å². The van der Waals surface area contributed by atoms with E-state index in [0.717, 1.165) is 11.1 Å². The van der Waals surface area contributed by atoms with Gasteiger partial charge >= 0.3 is 0 Å². The van der Waals surface area contributed by atoms with Gasteiger partial charge < -0.3 is 9.47 Å². The molecule has 0 unspecified atom stereocenters. The summed E-state index contributed by atoms with van der Waals surface area (Å²) in [4.78, 5) is 0. The summed E-state index contributed by atoms with van der Waals surface area (Å²) in [5.74, 6) is 1.24. The Balaban J connectivity index is 2.83. The summed E-state index contributed by atoms with van der Waals surface area (Å²) >= 11 is 0. The van der Waals surface area contributed by atoms with Crippen LogP contribution in [0.4, 0.5) is 0 Å². The van der Waals surface area contributed by atoms with Gasteiger partial charge in [0.05, 0.1) is 14.2 Å². The van der Waals surface area contributed by atoms with Crippen molar-refractivity contribution in [1.82, 2.24) is 0 Å². The molecule has 0 spiro atoms. The molecule has 2 aromatic carbocycles. The normalized spacial score (nSPS) is 9.43. The van der Waals surface area contributed by atoms with Gasteiger partial charge in [-0.3, -0.25) is 0 Å². The lowest BCUT2D eigenvalue weighted by Crippen LogP contribution is -1.99. The van der Waals surface area contributed by atoms with Gasteiger partial charge in [-0.2, -0.15) is 10.5 Å². The number of ether oxygens (including phenoxy) is 2. The highest BCUT2D eigenvalue weighted by Crippen LogP contribution is 2.37. The minimum absolute atomic E-state index is 0.0408. The smallest absolute Gasteiger partial charge is 0.138 e. The molecule has 2 aromatic rings. The molecule has 0 amide bonds. The van der Waals surface area contributed by atoms with Gasteiger partial charge in [0.2, 0.25) is 0 Å². The molecular weight excluding hydrogens is 288 g/mol. The molecule has 0 N–H and O–H groups in total. The largest absolute Gasteiger partial charge is 0.496 e. The number of rotatable bonds is 4. The van der Waals surface area contributed by atoms with Crippen LogP contribution in [-0.4, -0.2) is 14.2 Å². The second kappa shape index (κ2) is 7.15. The number of nitrogens with zero attached hydrogens (tertiary/aromatic N) is 2. The van der Waals surface area contributed by atoms with Gasteiger partial charge in [0.15, 0.2) is 0 Å². The highest BCUT2D eigenvalue weighted by Gasteiger charge is 2.18. The number of hydrogen-bond donors (Lipinski definition) is 0. The second-order valence-corrected chi connectivity index (χ2v) is 4.86. The van der Waals surface area contributed by atoms with Crippen molar-refractivity contribution in [2.75, 3.05) is 14.2 Å². The molecule has 23 heavy (non-hydrogen) atoms. The van der Waals surface area contributed by atoms with E-state index in [1.165, 1.54) is 0 Å². The van der Waals surface area contributed by atoms with Crippen molar-refractivity contribution in [1.29, 1.82) is 10.5 Å². The molecule has 0 aliphatic carbocycles. The lowest BCUT2D eigenvalue weighted by atomic mass is 9.92. The van der Waals surface area contributed by atoms with Crippen LogP contribution in [0.5, 0.6) is 11.5 Å². The lowest BCUT2D eigenvalue weighted by Gasteiger charge is -2.16. The molecule has 4 nitrogen and oxygen atoms in total. The summed E-state index contributed by atoms with van der Waals surface area (Å²) in [7, 11) is 3.14. The van der Waals surface area contributed by atoms with Crippen LogP contribution >= 0.6 is 0 Å². The summed E-state index contributed by atoms with van der Waals surface area (Å²) in [6.45, 7) is 1.91. The van der Waals surface area contributed by atoms with Crippen molar-refractivity contribution < 1.29 is 9.47 Å². The molecular formula is C19H16N2O2. The summed E-state index contributed by atoms with van der Waals surface area (Å²) in [6.07, 6.45) is 0. The lowest BCUT2D eigenvalue weighted by molar-refractivity contribution is 0.391. The van der Waals surface area contributed by atoms with E-state index in [2.05, 4.69) is 0 Å². The van der Waals surface area contributed by atoms with Crippen LogP contribution in [0.15, 0.2) is 48.0 Å². The van der Waals surface area contributed by atoms with Crippen LogP contribution in [0.25, 0.3) is 5.57 Å². The molecule has 2 rings (SSSR count). The first-order valence-corrected chi connectivity index (χ1v) is 6.99. The quantitative estimate of drug-likeness (QED) is 0.804. The fourth-order valence-corrected chi connectivity index (χ4v) is 2.43. The SMILES string of the molecule is COc1cc(OC)c(C(=C(C#N)C#N)c2ccccc2)cc1C. The minimum Gasteiger partial charge on any atom is -0.496 e. The maximum absolute atomic E-state index is 9.36. The fraction of sp³-hybridized carbons (Fsp3) is 0.158. The van der Waals surface area contributed by atoms with Crippen LogP contribution in [-0.2, 0) is 0 Å². The van der Waals surface area contributed by atoms with Crippen molar-refractivity contribution in [2.45, 2.75) is 6.92 Å². The molecule has 0 aliphatic heterocycles. The van der Waals surface area contributed by atoms with Crippen LogP contribution in [0.1, 0.15) is 16.7 Å². The molecule has 4 heteroatoms. The number of hydrogen-bond acceptors (Lipinski definition) is 4. The van der Waals surface area contributed by atoms with Crippen molar-refractivity contribution in [2.24, 2.45) is 0 Å². The zero-order chi connectivity index (χ0) is 16.8. The molecule has 0 radical (unpaired) electrons.